The van der Waals surface area contributed by atoms with Crippen LogP contribution in [0.5, 0.6) is 0 Å². The van der Waals surface area contributed by atoms with Crippen LogP contribution in [-0.4, -0.2) is 29.8 Å². The van der Waals surface area contributed by atoms with Gasteiger partial charge >= 0.3 is 0 Å². The van der Waals surface area contributed by atoms with Gasteiger partial charge < -0.3 is 4.90 Å². The third kappa shape index (κ3) is 3.21. The van der Waals surface area contributed by atoms with E-state index in [9.17, 15) is 14.0 Å². The highest BCUT2D eigenvalue weighted by molar-refractivity contribution is 6.45. The first kappa shape index (κ1) is 18.4. The molecule has 4 rings (SSSR count). The van der Waals surface area contributed by atoms with E-state index in [1.54, 1.807) is 6.07 Å². The summed E-state index contributed by atoms with van der Waals surface area (Å²) in [5.41, 5.74) is 1.80. The number of rotatable bonds is 3. The van der Waals surface area contributed by atoms with Gasteiger partial charge in [-0.25, -0.2) is 9.29 Å². The molecule has 1 saturated heterocycles. The first-order valence-electron chi connectivity index (χ1n) is 9.64. The summed E-state index contributed by atoms with van der Waals surface area (Å²) >= 11 is 0. The Morgan fingerprint density at radius 1 is 0.893 bits per heavy atom. The number of likely N-dealkylation sites (tertiary alicyclic amines) is 1. The highest BCUT2D eigenvalue weighted by Gasteiger charge is 2.43. The first-order valence-corrected chi connectivity index (χ1v) is 9.64. The zero-order valence-corrected chi connectivity index (χ0v) is 16.1. The van der Waals surface area contributed by atoms with Crippen molar-refractivity contribution in [1.29, 1.82) is 0 Å². The van der Waals surface area contributed by atoms with Crippen molar-refractivity contribution in [2.75, 3.05) is 18.0 Å². The van der Waals surface area contributed by atoms with E-state index in [-0.39, 0.29) is 11.6 Å². The summed E-state index contributed by atoms with van der Waals surface area (Å²) < 4.78 is 13.8. The zero-order valence-electron chi connectivity index (χ0n) is 16.1. The minimum Gasteiger partial charge on any atom is -0.366 e. The molecule has 2 aromatic rings. The highest BCUT2D eigenvalue weighted by atomic mass is 19.1. The van der Waals surface area contributed by atoms with Gasteiger partial charge in [-0.15, -0.1) is 0 Å². The van der Waals surface area contributed by atoms with Gasteiger partial charge in [0.2, 0.25) is 0 Å². The van der Waals surface area contributed by atoms with Crippen molar-refractivity contribution in [3.8, 4) is 0 Å². The summed E-state index contributed by atoms with van der Waals surface area (Å²) in [6.45, 7) is 5.78. The van der Waals surface area contributed by atoms with Gasteiger partial charge in [0.1, 0.15) is 11.5 Å². The Morgan fingerprint density at radius 3 is 2.21 bits per heavy atom. The van der Waals surface area contributed by atoms with Gasteiger partial charge in [-0.2, -0.15) is 0 Å². The largest absolute Gasteiger partial charge is 0.366 e. The molecule has 2 atom stereocenters. The molecule has 5 heteroatoms. The third-order valence-corrected chi connectivity index (χ3v) is 5.37. The van der Waals surface area contributed by atoms with Crippen LogP contribution in [0, 0.1) is 17.7 Å². The van der Waals surface area contributed by atoms with Gasteiger partial charge in [0.25, 0.3) is 11.8 Å². The topological polar surface area (TPSA) is 40.6 Å². The van der Waals surface area contributed by atoms with Crippen LogP contribution >= 0.6 is 0 Å². The lowest BCUT2D eigenvalue weighted by Gasteiger charge is -2.37. The van der Waals surface area contributed by atoms with Crippen molar-refractivity contribution in [2.45, 2.75) is 20.3 Å². The molecule has 1 fully saturated rings. The van der Waals surface area contributed by atoms with Gasteiger partial charge in [0.05, 0.1) is 11.3 Å². The van der Waals surface area contributed by atoms with E-state index >= 15 is 0 Å². The molecule has 2 amide bonds. The van der Waals surface area contributed by atoms with Crippen LogP contribution < -0.4 is 4.90 Å². The fraction of sp³-hybridized carbons (Fsp3) is 0.304. The summed E-state index contributed by atoms with van der Waals surface area (Å²) in [5, 5.41) is 0. The molecule has 2 aliphatic heterocycles. The Bertz CT molecular complexity index is 944. The van der Waals surface area contributed by atoms with Crippen LogP contribution in [0.2, 0.25) is 0 Å². The Balaban J connectivity index is 1.83. The van der Waals surface area contributed by atoms with Crippen molar-refractivity contribution >= 4 is 23.1 Å². The molecule has 0 bridgehead atoms. The summed E-state index contributed by atoms with van der Waals surface area (Å²) in [7, 11) is 0. The molecule has 2 aromatic carbocycles. The lowest BCUT2D eigenvalue weighted by atomic mass is 9.91. The van der Waals surface area contributed by atoms with Crippen LogP contribution in [0.4, 0.5) is 10.1 Å². The van der Waals surface area contributed by atoms with Crippen molar-refractivity contribution in [2.24, 2.45) is 11.8 Å². The molecule has 144 valence electrons. The van der Waals surface area contributed by atoms with Crippen LogP contribution in [0.3, 0.4) is 0 Å². The maximum atomic E-state index is 13.8. The molecule has 0 spiro atoms. The van der Waals surface area contributed by atoms with E-state index in [1.165, 1.54) is 18.2 Å². The standard InChI is InChI=1S/C23H23FN2O2/c1-15-11-16(2)14-25(13-15)21-20(17-7-4-3-5-8-17)22(27)26(23(21)28)19-10-6-9-18(24)12-19/h3-10,12,15-16H,11,13-14H2,1-2H3. The van der Waals surface area contributed by atoms with E-state index in [0.29, 0.717) is 28.7 Å². The molecule has 0 radical (unpaired) electrons. The summed E-state index contributed by atoms with van der Waals surface area (Å²) in [5.74, 6) is -0.398. The summed E-state index contributed by atoms with van der Waals surface area (Å²) in [4.78, 5) is 29.9. The summed E-state index contributed by atoms with van der Waals surface area (Å²) in [6, 6.07) is 14.9. The highest BCUT2D eigenvalue weighted by Crippen LogP contribution is 2.37. The fourth-order valence-corrected chi connectivity index (χ4v) is 4.37. The van der Waals surface area contributed by atoms with E-state index in [2.05, 4.69) is 13.8 Å². The van der Waals surface area contributed by atoms with E-state index in [1.807, 2.05) is 35.2 Å². The van der Waals surface area contributed by atoms with Gasteiger partial charge in [-0.3, -0.25) is 9.59 Å². The van der Waals surface area contributed by atoms with E-state index in [0.717, 1.165) is 24.4 Å². The number of amides is 2. The van der Waals surface area contributed by atoms with Crippen LogP contribution in [-0.2, 0) is 9.59 Å². The summed E-state index contributed by atoms with van der Waals surface area (Å²) in [6.07, 6.45) is 1.10. The maximum absolute atomic E-state index is 13.8. The van der Waals surface area contributed by atoms with E-state index in [4.69, 9.17) is 0 Å². The van der Waals surface area contributed by atoms with Gasteiger partial charge in [-0.05, 0) is 42.0 Å². The normalized spacial score (nSPS) is 23.0. The number of hydrogen-bond acceptors (Lipinski definition) is 3. The third-order valence-electron chi connectivity index (χ3n) is 5.37. The number of piperidine rings is 1. The van der Waals surface area contributed by atoms with Crippen LogP contribution in [0.15, 0.2) is 60.3 Å². The SMILES string of the molecule is CC1CC(C)CN(C2=C(c3ccccc3)C(=O)N(c3cccc(F)c3)C2=O)C1. The Morgan fingerprint density at radius 2 is 1.57 bits per heavy atom. The number of hydrogen-bond donors (Lipinski definition) is 0. The van der Waals surface area contributed by atoms with Gasteiger partial charge in [0, 0.05) is 13.1 Å². The molecule has 0 aromatic heterocycles. The van der Waals surface area contributed by atoms with Crippen molar-refractivity contribution in [3.05, 3.63) is 71.7 Å². The van der Waals surface area contributed by atoms with Crippen LogP contribution in [0.25, 0.3) is 5.57 Å². The Kier molecular flexibility index (Phi) is 4.75. The smallest absolute Gasteiger partial charge is 0.282 e. The lowest BCUT2D eigenvalue weighted by Crippen LogP contribution is -2.42. The predicted molar refractivity (Wildman–Crippen MR) is 107 cm³/mol. The van der Waals surface area contributed by atoms with Crippen molar-refractivity contribution < 1.29 is 14.0 Å². The number of anilines is 1. The molecular weight excluding hydrogens is 355 g/mol. The number of benzene rings is 2. The molecule has 0 aliphatic carbocycles. The zero-order chi connectivity index (χ0) is 19.8. The number of nitrogens with zero attached hydrogens (tertiary/aromatic N) is 2. The molecule has 0 saturated carbocycles. The van der Waals surface area contributed by atoms with Crippen molar-refractivity contribution in [1.82, 2.24) is 4.90 Å². The van der Waals surface area contributed by atoms with E-state index < -0.39 is 11.7 Å². The predicted octanol–water partition coefficient (Wildman–Crippen LogP) is 4.09. The minimum absolute atomic E-state index is 0.261. The molecule has 2 aliphatic rings. The average molecular weight is 378 g/mol. The maximum Gasteiger partial charge on any atom is 0.282 e. The Hall–Kier alpha value is -2.95. The molecule has 4 nitrogen and oxygen atoms in total. The second-order valence-corrected chi connectivity index (χ2v) is 7.87. The number of halogens is 1. The molecule has 2 unspecified atom stereocenters. The molecule has 2 heterocycles. The molecular formula is C23H23FN2O2. The lowest BCUT2D eigenvalue weighted by molar-refractivity contribution is -0.120. The van der Waals surface area contributed by atoms with Gasteiger partial charge in [0.15, 0.2) is 0 Å². The molecule has 0 N–H and O–H groups in total. The number of carbonyl (C=O) groups is 2. The fourth-order valence-electron chi connectivity index (χ4n) is 4.37. The van der Waals surface area contributed by atoms with Gasteiger partial charge in [-0.1, -0.05) is 50.2 Å². The average Bonchev–Trinajstić information content (AvgIpc) is 2.92. The molecule has 28 heavy (non-hydrogen) atoms. The van der Waals surface area contributed by atoms with Crippen LogP contribution in [0.1, 0.15) is 25.8 Å². The second kappa shape index (κ2) is 7.23. The second-order valence-electron chi connectivity index (χ2n) is 7.87. The quantitative estimate of drug-likeness (QED) is 0.756. The number of carbonyl (C=O) groups excluding carboxylic acids is 2. The first-order chi connectivity index (χ1) is 13.5. The van der Waals surface area contributed by atoms with Crippen molar-refractivity contribution in [3.63, 3.8) is 0 Å². The Labute approximate surface area is 164 Å². The number of imide groups is 1. The minimum atomic E-state index is -0.479. The monoisotopic (exact) mass is 378 g/mol.